The largest absolute Gasteiger partial charge is 0.507 e. The summed E-state index contributed by atoms with van der Waals surface area (Å²) in [5.41, 5.74) is 0.134. The third kappa shape index (κ3) is 2.60. The van der Waals surface area contributed by atoms with Crippen molar-refractivity contribution < 1.29 is 14.4 Å². The lowest BCUT2D eigenvalue weighted by atomic mass is 10.1. The lowest BCUT2D eigenvalue weighted by Crippen LogP contribution is -2.27. The van der Waals surface area contributed by atoms with Crippen molar-refractivity contribution in [3.8, 4) is 5.75 Å². The van der Waals surface area contributed by atoms with Crippen molar-refractivity contribution in [1.82, 2.24) is 15.5 Å². The van der Waals surface area contributed by atoms with Crippen LogP contribution in [-0.2, 0) is 0 Å². The van der Waals surface area contributed by atoms with E-state index >= 15 is 0 Å². The maximum Gasteiger partial charge on any atom is 0.255 e. The van der Waals surface area contributed by atoms with Gasteiger partial charge >= 0.3 is 0 Å². The van der Waals surface area contributed by atoms with Gasteiger partial charge in [-0.3, -0.25) is 4.79 Å². The number of aromatic nitrogens is 2. The number of nitrogens with one attached hydrogen (secondary N) is 1. The zero-order valence-corrected chi connectivity index (χ0v) is 10.2. The molecule has 6 nitrogen and oxygen atoms in total. The van der Waals surface area contributed by atoms with Gasteiger partial charge in [0.05, 0.1) is 11.6 Å². The van der Waals surface area contributed by atoms with Gasteiger partial charge in [0.1, 0.15) is 5.75 Å². The van der Waals surface area contributed by atoms with Gasteiger partial charge in [-0.1, -0.05) is 16.8 Å². The number of hydrogen-bond acceptors (Lipinski definition) is 5. The van der Waals surface area contributed by atoms with E-state index in [1.165, 1.54) is 24.6 Å². The molecule has 0 saturated carbocycles. The van der Waals surface area contributed by atoms with E-state index in [2.05, 4.69) is 20.0 Å². The minimum absolute atomic E-state index is 0.134. The molecular formula is C11H10ClN3O3. The van der Waals surface area contributed by atoms with E-state index in [-0.39, 0.29) is 11.3 Å². The first kappa shape index (κ1) is 12.4. The molecule has 1 aromatic carbocycles. The van der Waals surface area contributed by atoms with Crippen LogP contribution in [0.2, 0.25) is 5.02 Å². The first-order valence-corrected chi connectivity index (χ1v) is 5.51. The Labute approximate surface area is 108 Å². The SMILES string of the molecule is C[C@H](NC(=O)c1ccc(Cl)cc1O)c1ncon1. The summed E-state index contributed by atoms with van der Waals surface area (Å²) < 4.78 is 4.58. The van der Waals surface area contributed by atoms with Crippen molar-refractivity contribution in [3.05, 3.63) is 41.0 Å². The Morgan fingerprint density at radius 3 is 2.94 bits per heavy atom. The Balaban J connectivity index is 2.12. The molecule has 0 aliphatic rings. The quantitative estimate of drug-likeness (QED) is 0.887. The van der Waals surface area contributed by atoms with Gasteiger partial charge < -0.3 is 14.9 Å². The van der Waals surface area contributed by atoms with E-state index in [0.29, 0.717) is 10.8 Å². The van der Waals surface area contributed by atoms with Crippen molar-refractivity contribution in [2.45, 2.75) is 13.0 Å². The number of hydrogen-bond donors (Lipinski definition) is 2. The molecule has 0 saturated heterocycles. The standard InChI is InChI=1S/C11H10ClN3O3/c1-6(10-13-5-18-15-10)14-11(17)8-3-2-7(12)4-9(8)16/h2-6,16H,1H3,(H,14,17)/t6-/m0/s1. The number of amides is 1. The summed E-state index contributed by atoms with van der Waals surface area (Å²) in [6.07, 6.45) is 1.18. The summed E-state index contributed by atoms with van der Waals surface area (Å²) in [5, 5.41) is 16.2. The normalized spacial score (nSPS) is 12.1. The molecule has 0 radical (unpaired) electrons. The second kappa shape index (κ2) is 5.05. The van der Waals surface area contributed by atoms with Crippen LogP contribution in [0.3, 0.4) is 0 Å². The summed E-state index contributed by atoms with van der Waals surface area (Å²) >= 11 is 5.68. The molecule has 1 aromatic heterocycles. The van der Waals surface area contributed by atoms with E-state index in [9.17, 15) is 9.90 Å². The van der Waals surface area contributed by atoms with Crippen molar-refractivity contribution in [3.63, 3.8) is 0 Å². The smallest absolute Gasteiger partial charge is 0.255 e. The molecule has 1 heterocycles. The molecular weight excluding hydrogens is 258 g/mol. The lowest BCUT2D eigenvalue weighted by molar-refractivity contribution is 0.0935. The fourth-order valence-electron chi connectivity index (χ4n) is 1.41. The highest BCUT2D eigenvalue weighted by molar-refractivity contribution is 6.30. The molecule has 0 fully saturated rings. The topological polar surface area (TPSA) is 88.2 Å². The van der Waals surface area contributed by atoms with E-state index in [0.717, 1.165) is 0 Å². The number of nitrogens with zero attached hydrogens (tertiary/aromatic N) is 2. The van der Waals surface area contributed by atoms with Crippen LogP contribution in [0.5, 0.6) is 5.75 Å². The second-order valence-electron chi connectivity index (χ2n) is 3.65. The first-order chi connectivity index (χ1) is 8.58. The molecule has 2 aromatic rings. The Morgan fingerprint density at radius 2 is 2.33 bits per heavy atom. The number of phenolic OH excluding ortho intramolecular Hbond substituents is 1. The highest BCUT2D eigenvalue weighted by Crippen LogP contribution is 2.22. The number of benzene rings is 1. The van der Waals surface area contributed by atoms with Crippen molar-refractivity contribution >= 4 is 17.5 Å². The molecule has 0 unspecified atom stereocenters. The summed E-state index contributed by atoms with van der Waals surface area (Å²) in [5.74, 6) is -0.265. The van der Waals surface area contributed by atoms with Crippen LogP contribution in [0.25, 0.3) is 0 Å². The number of phenols is 1. The fraction of sp³-hybridized carbons (Fsp3) is 0.182. The summed E-state index contributed by atoms with van der Waals surface area (Å²) in [7, 11) is 0. The molecule has 7 heteroatoms. The monoisotopic (exact) mass is 267 g/mol. The average molecular weight is 268 g/mol. The Bertz CT molecular complexity index is 557. The lowest BCUT2D eigenvalue weighted by Gasteiger charge is -2.10. The van der Waals surface area contributed by atoms with Crippen LogP contribution >= 0.6 is 11.6 Å². The Hall–Kier alpha value is -2.08. The predicted molar refractivity (Wildman–Crippen MR) is 63.3 cm³/mol. The number of halogens is 1. The predicted octanol–water partition coefficient (Wildman–Crippen LogP) is 1.92. The van der Waals surface area contributed by atoms with Crippen LogP contribution in [0, 0.1) is 0 Å². The van der Waals surface area contributed by atoms with E-state index in [1.54, 1.807) is 6.92 Å². The third-order valence-corrected chi connectivity index (χ3v) is 2.55. The number of carbonyl (C=O) groups excluding carboxylic acids is 1. The van der Waals surface area contributed by atoms with Crippen LogP contribution in [-0.4, -0.2) is 21.2 Å². The zero-order valence-electron chi connectivity index (χ0n) is 9.42. The zero-order chi connectivity index (χ0) is 13.1. The van der Waals surface area contributed by atoms with Gasteiger partial charge in [-0.2, -0.15) is 4.98 Å². The van der Waals surface area contributed by atoms with Gasteiger partial charge in [-0.15, -0.1) is 0 Å². The Kier molecular flexibility index (Phi) is 3.47. The van der Waals surface area contributed by atoms with Gasteiger partial charge in [0, 0.05) is 5.02 Å². The maximum absolute atomic E-state index is 11.9. The van der Waals surface area contributed by atoms with Gasteiger partial charge in [0.2, 0.25) is 6.39 Å². The van der Waals surface area contributed by atoms with Crippen LogP contribution in [0.1, 0.15) is 29.1 Å². The molecule has 2 N–H and O–H groups in total. The molecule has 0 aliphatic carbocycles. The summed E-state index contributed by atoms with van der Waals surface area (Å²) in [4.78, 5) is 15.7. The van der Waals surface area contributed by atoms with E-state index in [1.807, 2.05) is 0 Å². The minimum Gasteiger partial charge on any atom is -0.507 e. The molecule has 0 bridgehead atoms. The van der Waals surface area contributed by atoms with Gasteiger partial charge in [-0.25, -0.2) is 0 Å². The summed E-state index contributed by atoms with van der Waals surface area (Å²) in [6, 6.07) is 3.84. The van der Waals surface area contributed by atoms with Crippen molar-refractivity contribution in [2.24, 2.45) is 0 Å². The number of aromatic hydroxyl groups is 1. The fourth-order valence-corrected chi connectivity index (χ4v) is 1.57. The molecule has 18 heavy (non-hydrogen) atoms. The van der Waals surface area contributed by atoms with E-state index in [4.69, 9.17) is 11.6 Å². The Morgan fingerprint density at radius 1 is 1.56 bits per heavy atom. The van der Waals surface area contributed by atoms with Crippen LogP contribution < -0.4 is 5.32 Å². The highest BCUT2D eigenvalue weighted by Gasteiger charge is 2.17. The van der Waals surface area contributed by atoms with Gasteiger partial charge in [-0.05, 0) is 25.1 Å². The maximum atomic E-state index is 11.9. The van der Waals surface area contributed by atoms with Crippen LogP contribution in [0.15, 0.2) is 29.1 Å². The van der Waals surface area contributed by atoms with Crippen LogP contribution in [0.4, 0.5) is 0 Å². The highest BCUT2D eigenvalue weighted by atomic mass is 35.5. The molecule has 0 aliphatic heterocycles. The molecule has 1 atom stereocenters. The summed E-state index contributed by atoms with van der Waals surface area (Å²) in [6.45, 7) is 1.70. The second-order valence-corrected chi connectivity index (χ2v) is 4.08. The molecule has 94 valence electrons. The van der Waals surface area contributed by atoms with E-state index < -0.39 is 11.9 Å². The van der Waals surface area contributed by atoms with Crippen molar-refractivity contribution in [1.29, 1.82) is 0 Å². The first-order valence-electron chi connectivity index (χ1n) is 5.13. The van der Waals surface area contributed by atoms with Gasteiger partial charge in [0.25, 0.3) is 5.91 Å². The molecule has 1 amide bonds. The average Bonchev–Trinajstić information content (AvgIpc) is 2.81. The molecule has 2 rings (SSSR count). The number of carbonyl (C=O) groups is 1. The third-order valence-electron chi connectivity index (χ3n) is 2.32. The van der Waals surface area contributed by atoms with Gasteiger partial charge in [0.15, 0.2) is 5.82 Å². The van der Waals surface area contributed by atoms with Crippen molar-refractivity contribution in [2.75, 3.05) is 0 Å². The number of rotatable bonds is 3. The molecule has 0 spiro atoms. The minimum atomic E-state index is -0.443.